The first kappa shape index (κ1) is 11.5. The Morgan fingerprint density at radius 2 is 1.82 bits per heavy atom. The van der Waals surface area contributed by atoms with Gasteiger partial charge in [-0.2, -0.15) is 0 Å². The van der Waals surface area contributed by atoms with Crippen LogP contribution in [0.5, 0.6) is 0 Å². The second kappa shape index (κ2) is 6.64. The Bertz CT molecular complexity index is 654. The number of hydrogen-bond acceptors (Lipinski definition) is 0. The molecule has 0 aliphatic heterocycles. The van der Waals surface area contributed by atoms with Crippen LogP contribution in [-0.4, -0.2) is 0 Å². The van der Waals surface area contributed by atoms with Crippen LogP contribution in [0.4, 0.5) is 13.2 Å². The van der Waals surface area contributed by atoms with Crippen molar-refractivity contribution in [3.05, 3.63) is 35.1 Å². The van der Waals surface area contributed by atoms with Crippen molar-refractivity contribution < 1.29 is 18.7 Å². The molecule has 3 rings (SSSR count). The smallest absolute Gasteiger partial charge is 0.194 e. The van der Waals surface area contributed by atoms with Gasteiger partial charge in [0.2, 0.25) is 0 Å². The predicted octanol–water partition coefficient (Wildman–Crippen LogP) is 6.20. The molecular weight excluding hydrogens is 285 g/mol. The van der Waals surface area contributed by atoms with Gasteiger partial charge in [0.25, 0.3) is 0 Å². The second-order valence-electron chi connectivity index (χ2n) is 6.59. The summed E-state index contributed by atoms with van der Waals surface area (Å²) in [5, 5.41) is 0. The lowest BCUT2D eigenvalue weighted by Gasteiger charge is -2.42. The van der Waals surface area contributed by atoms with Crippen molar-refractivity contribution in [1.82, 2.24) is 0 Å². The van der Waals surface area contributed by atoms with Crippen LogP contribution in [0.25, 0.3) is 0 Å². The van der Waals surface area contributed by atoms with Crippen LogP contribution in [0.2, 0.25) is 0 Å². The topological polar surface area (TPSA) is 0 Å². The second-order valence-corrected chi connectivity index (χ2v) is 6.59. The molecule has 0 nitrogen and oxygen atoms in total. The van der Waals surface area contributed by atoms with Crippen molar-refractivity contribution in [3.8, 4) is 0 Å². The maximum absolute atomic E-state index is 13.6. The molecule has 2 aliphatic rings. The molecule has 0 heterocycles. The van der Waals surface area contributed by atoms with Crippen LogP contribution < -0.4 is 0 Å². The third-order valence-corrected chi connectivity index (χ3v) is 5.08. The molecule has 4 atom stereocenters. The quantitative estimate of drug-likeness (QED) is 0.582. The van der Waals surface area contributed by atoms with Crippen molar-refractivity contribution in [1.29, 1.82) is 0 Å². The van der Waals surface area contributed by atoms with E-state index in [4.69, 9.17) is 5.48 Å². The highest BCUT2D eigenvalue weighted by atomic mass is 19.2. The Labute approximate surface area is 136 Å². The van der Waals surface area contributed by atoms with Gasteiger partial charge in [-0.3, -0.25) is 0 Å². The molecule has 22 heavy (non-hydrogen) atoms. The van der Waals surface area contributed by atoms with Crippen molar-refractivity contribution in [2.45, 2.75) is 64.1 Å². The Hall–Kier alpha value is -0.990. The number of benzene rings is 1. The van der Waals surface area contributed by atoms with Gasteiger partial charge < -0.3 is 0 Å². The van der Waals surface area contributed by atoms with E-state index in [1.165, 1.54) is 0 Å². The van der Waals surface area contributed by atoms with Gasteiger partial charge in [0.05, 0.1) is 0 Å². The van der Waals surface area contributed by atoms with E-state index in [-0.39, 0.29) is 24.2 Å². The minimum Gasteiger partial charge on any atom is -0.204 e. The van der Waals surface area contributed by atoms with Crippen molar-refractivity contribution in [2.24, 2.45) is 17.8 Å². The lowest BCUT2D eigenvalue weighted by Crippen LogP contribution is -2.30. The molecule has 0 spiro atoms. The molecule has 0 aromatic heterocycles. The molecule has 2 saturated carbocycles. The monoisotopic (exact) mass is 314 g/mol. The van der Waals surface area contributed by atoms with Crippen molar-refractivity contribution in [2.75, 3.05) is 0 Å². The number of rotatable bonds is 3. The molecule has 2 aliphatic carbocycles. The number of fused-ring (bicyclic) bond motifs is 1. The summed E-state index contributed by atoms with van der Waals surface area (Å²) in [6, 6.07) is 2.05. The SMILES string of the molecule is [2H]C1([2H])CC2CC(c3cc(F)c(F)c(F)c3)CCC2C([2H])([2H])C1CCC. The zero-order chi connectivity index (χ0) is 19.3. The molecule has 0 radical (unpaired) electrons. The van der Waals surface area contributed by atoms with Crippen molar-refractivity contribution >= 4 is 0 Å². The minimum atomic E-state index is -1.60. The first-order valence-corrected chi connectivity index (χ1v) is 8.22. The maximum Gasteiger partial charge on any atom is 0.194 e. The lowest BCUT2D eigenvalue weighted by molar-refractivity contribution is 0.114. The van der Waals surface area contributed by atoms with E-state index in [1.807, 2.05) is 6.92 Å². The Morgan fingerprint density at radius 3 is 2.50 bits per heavy atom. The normalized spacial score (nSPS) is 39.1. The molecule has 122 valence electrons. The Kier molecular flexibility index (Phi) is 3.48. The summed E-state index contributed by atoms with van der Waals surface area (Å²) >= 11 is 0. The molecule has 2 fully saturated rings. The molecular formula is C19H25F3. The van der Waals surface area contributed by atoms with E-state index >= 15 is 0 Å². The van der Waals surface area contributed by atoms with Crippen LogP contribution in [0.15, 0.2) is 12.1 Å². The number of hydrogen-bond donors (Lipinski definition) is 0. The van der Waals surface area contributed by atoms with Gasteiger partial charge in [-0.15, -0.1) is 0 Å². The average Bonchev–Trinajstić information content (AvgIpc) is 2.55. The van der Waals surface area contributed by atoms with Gasteiger partial charge in [-0.05, 0) is 73.4 Å². The van der Waals surface area contributed by atoms with E-state index in [0.29, 0.717) is 31.2 Å². The van der Waals surface area contributed by atoms with Crippen LogP contribution in [0.1, 0.15) is 75.2 Å². The zero-order valence-corrected chi connectivity index (χ0v) is 12.8. The van der Waals surface area contributed by atoms with E-state index in [2.05, 4.69) is 0 Å². The molecule has 0 saturated heterocycles. The molecule has 0 amide bonds. The zero-order valence-electron chi connectivity index (χ0n) is 16.8. The van der Waals surface area contributed by atoms with Crippen LogP contribution in [0.3, 0.4) is 0 Å². The standard InChI is InChI=1S/C19H25F3/c1-2-3-12-4-5-14-9-15(7-6-13(14)8-12)16-10-17(20)19(22)18(21)11-16/h10-15H,2-9H2,1H3/i4D2,8D2. The molecule has 3 heteroatoms. The highest BCUT2D eigenvalue weighted by Crippen LogP contribution is 2.48. The third-order valence-electron chi connectivity index (χ3n) is 5.08. The van der Waals surface area contributed by atoms with Gasteiger partial charge in [-0.25, -0.2) is 13.2 Å². The van der Waals surface area contributed by atoms with Gasteiger partial charge in [0.15, 0.2) is 17.5 Å². The van der Waals surface area contributed by atoms with Crippen LogP contribution >= 0.6 is 0 Å². The fourth-order valence-corrected chi connectivity index (χ4v) is 3.91. The van der Waals surface area contributed by atoms with Gasteiger partial charge >= 0.3 is 0 Å². The van der Waals surface area contributed by atoms with E-state index < -0.39 is 36.1 Å². The van der Waals surface area contributed by atoms with Gasteiger partial charge in [0, 0.05) is 5.48 Å². The summed E-state index contributed by atoms with van der Waals surface area (Å²) in [5.41, 5.74) is 0.386. The average molecular weight is 314 g/mol. The summed E-state index contributed by atoms with van der Waals surface area (Å²) in [4.78, 5) is 0. The molecule has 0 N–H and O–H groups in total. The summed E-state index contributed by atoms with van der Waals surface area (Å²) in [7, 11) is 0. The third kappa shape index (κ3) is 3.18. The fourth-order valence-electron chi connectivity index (χ4n) is 3.91. The van der Waals surface area contributed by atoms with Crippen molar-refractivity contribution in [3.63, 3.8) is 0 Å². The lowest BCUT2D eigenvalue weighted by atomic mass is 9.63. The largest absolute Gasteiger partial charge is 0.204 e. The van der Waals surface area contributed by atoms with E-state index in [0.717, 1.165) is 18.6 Å². The van der Waals surface area contributed by atoms with Gasteiger partial charge in [-0.1, -0.05) is 26.1 Å². The summed E-state index contributed by atoms with van der Waals surface area (Å²) in [6.07, 6.45) is -0.0583. The maximum atomic E-state index is 13.6. The van der Waals surface area contributed by atoms with Crippen LogP contribution in [0, 0.1) is 35.2 Å². The molecule has 1 aromatic rings. The summed E-state index contributed by atoms with van der Waals surface area (Å²) in [5.74, 6) is -5.14. The fraction of sp³-hybridized carbons (Fsp3) is 0.684. The first-order chi connectivity index (χ1) is 12.1. The van der Waals surface area contributed by atoms with E-state index in [1.54, 1.807) is 0 Å². The summed E-state index contributed by atoms with van der Waals surface area (Å²) < 4.78 is 74.3. The molecule has 0 bridgehead atoms. The van der Waals surface area contributed by atoms with Gasteiger partial charge in [0.1, 0.15) is 0 Å². The minimum absolute atomic E-state index is 0.178. The molecule has 4 unspecified atom stereocenters. The number of halogens is 3. The Morgan fingerprint density at radius 1 is 1.09 bits per heavy atom. The molecule has 1 aromatic carbocycles. The Balaban J connectivity index is 1.85. The highest BCUT2D eigenvalue weighted by Gasteiger charge is 2.36. The van der Waals surface area contributed by atoms with Crippen LogP contribution in [-0.2, 0) is 0 Å². The highest BCUT2D eigenvalue weighted by molar-refractivity contribution is 5.24. The van der Waals surface area contributed by atoms with E-state index in [9.17, 15) is 13.2 Å². The first-order valence-electron chi connectivity index (χ1n) is 10.2. The summed E-state index contributed by atoms with van der Waals surface area (Å²) in [6.45, 7) is 1.94. The predicted molar refractivity (Wildman–Crippen MR) is 82.1 cm³/mol.